The first-order chi connectivity index (χ1) is 12.3. The van der Waals surface area contributed by atoms with Gasteiger partial charge in [0.15, 0.2) is 5.13 Å². The van der Waals surface area contributed by atoms with Crippen LogP contribution in [0.1, 0.15) is 5.82 Å². The molecule has 0 radical (unpaired) electrons. The SMILES string of the molecule is c1ccc2[nH]c(CN3CCN(c4nc5ccccc5s4)CC3)nc2c1. The quantitative estimate of drug-likeness (QED) is 0.615. The number of H-pyrrole nitrogens is 1. The summed E-state index contributed by atoms with van der Waals surface area (Å²) < 4.78 is 1.27. The molecule has 4 aromatic rings. The Balaban J connectivity index is 1.26. The highest BCUT2D eigenvalue weighted by molar-refractivity contribution is 7.22. The maximum Gasteiger partial charge on any atom is 0.186 e. The monoisotopic (exact) mass is 349 g/mol. The summed E-state index contributed by atoms with van der Waals surface area (Å²) in [5.74, 6) is 1.05. The van der Waals surface area contributed by atoms with Crippen molar-refractivity contribution in [2.75, 3.05) is 31.1 Å². The second kappa shape index (κ2) is 6.13. The standard InChI is InChI=1S/C19H19N5S/c1-2-6-15-14(5-1)20-18(21-15)13-23-9-11-24(12-10-23)19-22-16-7-3-4-8-17(16)25-19/h1-8H,9-13H2,(H,20,21). The fraction of sp³-hybridized carbons (Fsp3) is 0.263. The minimum atomic E-state index is 0.877. The van der Waals surface area contributed by atoms with Gasteiger partial charge in [0.1, 0.15) is 5.82 Å². The third-order valence-electron chi connectivity index (χ3n) is 4.74. The van der Waals surface area contributed by atoms with Gasteiger partial charge in [0, 0.05) is 26.2 Å². The van der Waals surface area contributed by atoms with Crippen molar-refractivity contribution >= 4 is 37.7 Å². The molecule has 2 aromatic carbocycles. The fourth-order valence-electron chi connectivity index (χ4n) is 3.38. The van der Waals surface area contributed by atoms with Crippen LogP contribution in [0, 0.1) is 0 Å². The number of hydrogen-bond acceptors (Lipinski definition) is 5. The minimum absolute atomic E-state index is 0.877. The Labute approximate surface area is 149 Å². The second-order valence-corrected chi connectivity index (χ2v) is 7.44. The second-order valence-electron chi connectivity index (χ2n) is 6.43. The number of piperazine rings is 1. The smallest absolute Gasteiger partial charge is 0.186 e. The van der Waals surface area contributed by atoms with E-state index >= 15 is 0 Å². The first-order valence-electron chi connectivity index (χ1n) is 8.62. The molecule has 2 aromatic heterocycles. The molecule has 5 rings (SSSR count). The van der Waals surface area contributed by atoms with Crippen LogP contribution in [0.25, 0.3) is 21.3 Å². The van der Waals surface area contributed by atoms with Crippen molar-refractivity contribution in [3.8, 4) is 0 Å². The van der Waals surface area contributed by atoms with Gasteiger partial charge in [0.05, 0.1) is 27.8 Å². The molecule has 1 N–H and O–H groups in total. The Morgan fingerprint density at radius 3 is 2.44 bits per heavy atom. The van der Waals surface area contributed by atoms with Crippen LogP contribution in [-0.2, 0) is 6.54 Å². The first kappa shape index (κ1) is 14.9. The molecule has 0 saturated carbocycles. The van der Waals surface area contributed by atoms with E-state index in [2.05, 4.69) is 51.2 Å². The largest absolute Gasteiger partial charge is 0.345 e. The number of anilines is 1. The summed E-state index contributed by atoms with van der Waals surface area (Å²) in [5.41, 5.74) is 3.27. The molecule has 0 aliphatic carbocycles. The highest BCUT2D eigenvalue weighted by atomic mass is 32.1. The van der Waals surface area contributed by atoms with E-state index in [0.29, 0.717) is 0 Å². The summed E-state index contributed by atoms with van der Waals surface area (Å²) in [7, 11) is 0. The lowest BCUT2D eigenvalue weighted by atomic mass is 10.3. The van der Waals surface area contributed by atoms with Gasteiger partial charge in [-0.2, -0.15) is 0 Å². The lowest BCUT2D eigenvalue weighted by molar-refractivity contribution is 0.245. The van der Waals surface area contributed by atoms with E-state index in [4.69, 9.17) is 9.97 Å². The van der Waals surface area contributed by atoms with Crippen LogP contribution in [0.15, 0.2) is 48.5 Å². The molecule has 1 aliphatic rings. The van der Waals surface area contributed by atoms with Gasteiger partial charge in [-0.25, -0.2) is 9.97 Å². The highest BCUT2D eigenvalue weighted by Crippen LogP contribution is 2.29. The number of hydrogen-bond donors (Lipinski definition) is 1. The third-order valence-corrected chi connectivity index (χ3v) is 5.83. The average Bonchev–Trinajstić information content (AvgIpc) is 3.25. The Morgan fingerprint density at radius 1 is 0.880 bits per heavy atom. The van der Waals surface area contributed by atoms with Crippen molar-refractivity contribution in [1.29, 1.82) is 0 Å². The zero-order valence-electron chi connectivity index (χ0n) is 13.9. The third kappa shape index (κ3) is 2.88. The van der Waals surface area contributed by atoms with Crippen molar-refractivity contribution in [2.45, 2.75) is 6.54 Å². The molecule has 0 spiro atoms. The van der Waals surface area contributed by atoms with Gasteiger partial charge in [-0.15, -0.1) is 0 Å². The number of benzene rings is 2. The Hall–Kier alpha value is -2.44. The van der Waals surface area contributed by atoms with Crippen LogP contribution < -0.4 is 4.90 Å². The van der Waals surface area contributed by atoms with Gasteiger partial charge >= 0.3 is 0 Å². The molecule has 126 valence electrons. The van der Waals surface area contributed by atoms with Crippen LogP contribution >= 0.6 is 11.3 Å². The van der Waals surface area contributed by atoms with Gasteiger partial charge in [0.25, 0.3) is 0 Å². The van der Waals surface area contributed by atoms with Crippen molar-refractivity contribution in [1.82, 2.24) is 19.9 Å². The number of para-hydroxylation sites is 3. The van der Waals surface area contributed by atoms with E-state index in [1.165, 1.54) is 4.70 Å². The van der Waals surface area contributed by atoms with Crippen molar-refractivity contribution in [2.24, 2.45) is 0 Å². The van der Waals surface area contributed by atoms with E-state index in [9.17, 15) is 0 Å². The van der Waals surface area contributed by atoms with Crippen molar-refractivity contribution in [3.63, 3.8) is 0 Å². The number of aromatic nitrogens is 3. The molecule has 0 atom stereocenters. The number of thiazole rings is 1. The number of imidazole rings is 1. The van der Waals surface area contributed by atoms with Gasteiger partial charge in [-0.1, -0.05) is 35.6 Å². The molecule has 6 heteroatoms. The van der Waals surface area contributed by atoms with E-state index in [1.54, 1.807) is 11.3 Å². The zero-order valence-corrected chi connectivity index (χ0v) is 14.7. The summed E-state index contributed by atoms with van der Waals surface area (Å²) >= 11 is 1.79. The summed E-state index contributed by atoms with van der Waals surface area (Å²) in [4.78, 5) is 17.8. The van der Waals surface area contributed by atoms with Crippen molar-refractivity contribution in [3.05, 3.63) is 54.4 Å². The Morgan fingerprint density at radius 2 is 1.64 bits per heavy atom. The summed E-state index contributed by atoms with van der Waals surface area (Å²) in [6, 6.07) is 16.6. The number of nitrogens with zero attached hydrogens (tertiary/aromatic N) is 4. The van der Waals surface area contributed by atoms with Crippen LogP contribution in [0.3, 0.4) is 0 Å². The predicted molar refractivity (Wildman–Crippen MR) is 103 cm³/mol. The molecular weight excluding hydrogens is 330 g/mol. The summed E-state index contributed by atoms with van der Waals surface area (Å²) in [5, 5.41) is 1.14. The maximum atomic E-state index is 4.78. The van der Waals surface area contributed by atoms with Gasteiger partial charge in [0.2, 0.25) is 0 Å². The normalized spacial score (nSPS) is 16.1. The molecule has 3 heterocycles. The number of rotatable bonds is 3. The van der Waals surface area contributed by atoms with Crippen molar-refractivity contribution < 1.29 is 0 Å². The average molecular weight is 349 g/mol. The Kier molecular flexibility index (Phi) is 3.64. The first-order valence-corrected chi connectivity index (χ1v) is 9.43. The van der Waals surface area contributed by atoms with E-state index in [-0.39, 0.29) is 0 Å². The van der Waals surface area contributed by atoms with Gasteiger partial charge in [-0.3, -0.25) is 4.90 Å². The molecule has 0 amide bonds. The number of nitrogens with one attached hydrogen (secondary N) is 1. The molecule has 25 heavy (non-hydrogen) atoms. The number of fused-ring (bicyclic) bond motifs is 2. The van der Waals surface area contributed by atoms with Crippen LogP contribution in [0.5, 0.6) is 0 Å². The van der Waals surface area contributed by atoms with Crippen LogP contribution in [-0.4, -0.2) is 46.0 Å². The summed E-state index contributed by atoms with van der Waals surface area (Å²) in [6.45, 7) is 4.97. The molecule has 0 unspecified atom stereocenters. The molecule has 1 fully saturated rings. The van der Waals surface area contributed by atoms with Gasteiger partial charge in [-0.05, 0) is 24.3 Å². The van der Waals surface area contributed by atoms with Crippen LogP contribution in [0.2, 0.25) is 0 Å². The zero-order chi connectivity index (χ0) is 16.6. The predicted octanol–water partition coefficient (Wildman–Crippen LogP) is 3.49. The maximum absolute atomic E-state index is 4.78. The molecule has 1 aliphatic heterocycles. The molecule has 1 saturated heterocycles. The van der Waals surface area contributed by atoms with Crippen LogP contribution in [0.4, 0.5) is 5.13 Å². The highest BCUT2D eigenvalue weighted by Gasteiger charge is 2.20. The minimum Gasteiger partial charge on any atom is -0.345 e. The van der Waals surface area contributed by atoms with Gasteiger partial charge < -0.3 is 9.88 Å². The molecule has 5 nitrogen and oxygen atoms in total. The van der Waals surface area contributed by atoms with E-state index in [0.717, 1.165) is 60.2 Å². The molecular formula is C19H19N5S. The lowest BCUT2D eigenvalue weighted by Gasteiger charge is -2.34. The Bertz CT molecular complexity index is 947. The summed E-state index contributed by atoms with van der Waals surface area (Å²) in [6.07, 6.45) is 0. The van der Waals surface area contributed by atoms with E-state index < -0.39 is 0 Å². The van der Waals surface area contributed by atoms with E-state index in [1.807, 2.05) is 12.1 Å². The topological polar surface area (TPSA) is 48.1 Å². The fourth-order valence-corrected chi connectivity index (χ4v) is 4.40. The number of aromatic amines is 1. The molecule has 0 bridgehead atoms. The lowest BCUT2D eigenvalue weighted by Crippen LogP contribution is -2.46.